The van der Waals surface area contributed by atoms with E-state index in [9.17, 15) is 13.2 Å². The molecule has 3 rings (SSSR count). The molecular formula is C21H25Cl2N3O4S. The number of nitrogens with zero attached hydrogens (tertiary/aromatic N) is 3. The highest BCUT2D eigenvalue weighted by molar-refractivity contribution is 7.93. The molecule has 0 N–H and O–H groups in total. The summed E-state index contributed by atoms with van der Waals surface area (Å²) in [5, 5.41) is 0.490. The molecular weight excluding hydrogens is 461 g/mol. The van der Waals surface area contributed by atoms with E-state index in [1.54, 1.807) is 24.0 Å². The maximum atomic E-state index is 13.7. The van der Waals surface area contributed by atoms with Crippen LogP contribution in [0.3, 0.4) is 0 Å². The molecule has 1 aliphatic rings. The maximum absolute atomic E-state index is 13.7. The van der Waals surface area contributed by atoms with E-state index in [-0.39, 0.29) is 33.8 Å². The second kappa shape index (κ2) is 9.65. The molecule has 10 heteroatoms. The topological polar surface area (TPSA) is 70.2 Å². The van der Waals surface area contributed by atoms with Gasteiger partial charge >= 0.3 is 0 Å². The SMILES string of the molecule is COc1ccc(C)cc1S(=O)(=O)N(CC(=O)N1CCN(C)CC1)c1ccc(Cl)c(Cl)c1. The molecule has 1 amide bonds. The number of likely N-dealkylation sites (N-methyl/N-ethyl adjacent to an activating group) is 1. The minimum atomic E-state index is -4.14. The lowest BCUT2D eigenvalue weighted by Crippen LogP contribution is -2.50. The molecule has 0 atom stereocenters. The fraction of sp³-hybridized carbons (Fsp3) is 0.381. The van der Waals surface area contributed by atoms with Crippen molar-refractivity contribution in [2.24, 2.45) is 0 Å². The third-order valence-corrected chi connectivity index (χ3v) is 7.75. The summed E-state index contributed by atoms with van der Waals surface area (Å²) in [4.78, 5) is 16.8. The highest BCUT2D eigenvalue weighted by atomic mass is 35.5. The third kappa shape index (κ3) is 5.26. The van der Waals surface area contributed by atoms with Crippen molar-refractivity contribution in [3.8, 4) is 5.75 Å². The van der Waals surface area contributed by atoms with Gasteiger partial charge in [0.1, 0.15) is 17.2 Å². The molecule has 0 aromatic heterocycles. The Morgan fingerprint density at radius 3 is 2.35 bits per heavy atom. The smallest absolute Gasteiger partial charge is 0.268 e. The lowest BCUT2D eigenvalue weighted by Gasteiger charge is -2.34. The molecule has 0 saturated carbocycles. The lowest BCUT2D eigenvalue weighted by molar-refractivity contribution is -0.131. The van der Waals surface area contributed by atoms with E-state index in [1.807, 2.05) is 7.05 Å². The summed E-state index contributed by atoms with van der Waals surface area (Å²) in [5.41, 5.74) is 0.999. The Labute approximate surface area is 193 Å². The Morgan fingerprint density at radius 1 is 1.06 bits per heavy atom. The van der Waals surface area contributed by atoms with Gasteiger partial charge < -0.3 is 14.5 Å². The summed E-state index contributed by atoms with van der Waals surface area (Å²) >= 11 is 12.2. The van der Waals surface area contributed by atoms with E-state index in [4.69, 9.17) is 27.9 Å². The van der Waals surface area contributed by atoms with Crippen LogP contribution < -0.4 is 9.04 Å². The first kappa shape index (κ1) is 23.7. The minimum absolute atomic E-state index is 0.0211. The number of carbonyl (C=O) groups is 1. The van der Waals surface area contributed by atoms with E-state index >= 15 is 0 Å². The summed E-state index contributed by atoms with van der Waals surface area (Å²) in [6.45, 7) is 3.98. The molecule has 1 saturated heterocycles. The average Bonchev–Trinajstić information content (AvgIpc) is 2.74. The number of piperazine rings is 1. The molecule has 168 valence electrons. The van der Waals surface area contributed by atoms with Crippen LogP contribution in [0.1, 0.15) is 5.56 Å². The number of benzene rings is 2. The van der Waals surface area contributed by atoms with E-state index in [0.29, 0.717) is 18.1 Å². The van der Waals surface area contributed by atoms with Crippen LogP contribution in [0.25, 0.3) is 0 Å². The predicted molar refractivity (Wildman–Crippen MR) is 123 cm³/mol. The minimum Gasteiger partial charge on any atom is -0.495 e. The van der Waals surface area contributed by atoms with Gasteiger partial charge in [0, 0.05) is 26.2 Å². The second-order valence-electron chi connectivity index (χ2n) is 7.45. The first-order valence-electron chi connectivity index (χ1n) is 9.72. The fourth-order valence-corrected chi connectivity index (χ4v) is 5.28. The standard InChI is InChI=1S/C21H25Cl2N3O4S/c1-15-4-7-19(30-3)20(12-15)31(28,29)26(16-5-6-17(22)18(23)13-16)14-21(27)25-10-8-24(2)9-11-25/h4-7,12-13H,8-11,14H2,1-3H3. The number of ether oxygens (including phenoxy) is 1. The number of rotatable bonds is 6. The maximum Gasteiger partial charge on any atom is 0.268 e. The molecule has 2 aromatic rings. The highest BCUT2D eigenvalue weighted by Gasteiger charge is 2.32. The van der Waals surface area contributed by atoms with Crippen LogP contribution in [0.4, 0.5) is 5.69 Å². The Hall–Kier alpha value is -2.00. The number of hydrogen-bond acceptors (Lipinski definition) is 5. The zero-order chi connectivity index (χ0) is 22.8. The molecule has 1 aliphatic heterocycles. The number of sulfonamides is 1. The zero-order valence-corrected chi connectivity index (χ0v) is 20.0. The molecule has 2 aromatic carbocycles. The molecule has 0 spiro atoms. The summed E-state index contributed by atoms with van der Waals surface area (Å²) < 4.78 is 33.8. The highest BCUT2D eigenvalue weighted by Crippen LogP contribution is 2.34. The van der Waals surface area contributed by atoms with Gasteiger partial charge in [0.25, 0.3) is 10.0 Å². The Bertz CT molecular complexity index is 1070. The van der Waals surface area contributed by atoms with Crippen molar-refractivity contribution in [2.75, 3.05) is 51.2 Å². The van der Waals surface area contributed by atoms with Crippen molar-refractivity contribution in [3.63, 3.8) is 0 Å². The van der Waals surface area contributed by atoms with Gasteiger partial charge in [-0.25, -0.2) is 8.42 Å². The van der Waals surface area contributed by atoms with Gasteiger partial charge in [-0.2, -0.15) is 0 Å². The Morgan fingerprint density at radius 2 is 1.74 bits per heavy atom. The van der Waals surface area contributed by atoms with E-state index in [0.717, 1.165) is 23.0 Å². The molecule has 7 nitrogen and oxygen atoms in total. The van der Waals surface area contributed by atoms with Gasteiger partial charge in [0.15, 0.2) is 0 Å². The van der Waals surface area contributed by atoms with Gasteiger partial charge in [-0.3, -0.25) is 9.10 Å². The van der Waals surface area contributed by atoms with Crippen molar-refractivity contribution in [1.82, 2.24) is 9.80 Å². The number of anilines is 1. The Balaban J connectivity index is 2.04. The fourth-order valence-electron chi connectivity index (χ4n) is 3.34. The molecule has 0 radical (unpaired) electrons. The van der Waals surface area contributed by atoms with Crippen LogP contribution in [0.2, 0.25) is 10.0 Å². The number of amides is 1. The first-order chi connectivity index (χ1) is 14.6. The van der Waals surface area contributed by atoms with Gasteiger partial charge in [0.2, 0.25) is 5.91 Å². The van der Waals surface area contributed by atoms with Crippen LogP contribution in [-0.2, 0) is 14.8 Å². The van der Waals surface area contributed by atoms with Crippen molar-refractivity contribution in [1.29, 1.82) is 0 Å². The van der Waals surface area contributed by atoms with Gasteiger partial charge in [-0.15, -0.1) is 0 Å². The second-order valence-corrected chi connectivity index (χ2v) is 10.1. The van der Waals surface area contributed by atoms with Gasteiger partial charge in [0.05, 0.1) is 22.8 Å². The molecule has 0 aliphatic carbocycles. The Kier molecular flexibility index (Phi) is 7.36. The molecule has 0 unspecified atom stereocenters. The number of carbonyl (C=O) groups excluding carboxylic acids is 1. The number of methoxy groups -OCH3 is 1. The van der Waals surface area contributed by atoms with E-state index in [1.165, 1.54) is 31.4 Å². The molecule has 31 heavy (non-hydrogen) atoms. The monoisotopic (exact) mass is 485 g/mol. The normalized spacial score (nSPS) is 15.1. The van der Waals surface area contributed by atoms with Crippen molar-refractivity contribution < 1.29 is 17.9 Å². The number of halogens is 2. The summed E-state index contributed by atoms with van der Waals surface area (Å²) in [6, 6.07) is 9.37. The summed E-state index contributed by atoms with van der Waals surface area (Å²) in [5.74, 6) is -0.0860. The molecule has 1 heterocycles. The van der Waals surface area contributed by atoms with Crippen molar-refractivity contribution in [2.45, 2.75) is 11.8 Å². The quantitative estimate of drug-likeness (QED) is 0.627. The third-order valence-electron chi connectivity index (χ3n) is 5.21. The van der Waals surface area contributed by atoms with Crippen LogP contribution in [0.15, 0.2) is 41.3 Å². The van der Waals surface area contributed by atoms with Crippen LogP contribution in [0, 0.1) is 6.92 Å². The van der Waals surface area contributed by atoms with E-state index < -0.39 is 10.0 Å². The van der Waals surface area contributed by atoms with Gasteiger partial charge in [-0.1, -0.05) is 29.3 Å². The van der Waals surface area contributed by atoms with E-state index in [2.05, 4.69) is 4.90 Å². The lowest BCUT2D eigenvalue weighted by atomic mass is 10.2. The van der Waals surface area contributed by atoms with Gasteiger partial charge in [-0.05, 0) is 49.9 Å². The van der Waals surface area contributed by atoms with Crippen LogP contribution in [0.5, 0.6) is 5.75 Å². The predicted octanol–water partition coefficient (Wildman–Crippen LogP) is 3.28. The van der Waals surface area contributed by atoms with Crippen molar-refractivity contribution in [3.05, 3.63) is 52.0 Å². The number of hydrogen-bond donors (Lipinski definition) is 0. The summed E-state index contributed by atoms with van der Waals surface area (Å²) in [7, 11) is -0.755. The first-order valence-corrected chi connectivity index (χ1v) is 11.9. The molecule has 1 fully saturated rings. The molecule has 0 bridgehead atoms. The summed E-state index contributed by atoms with van der Waals surface area (Å²) in [6.07, 6.45) is 0. The zero-order valence-electron chi connectivity index (χ0n) is 17.6. The van der Waals surface area contributed by atoms with Crippen LogP contribution >= 0.6 is 23.2 Å². The average molecular weight is 486 g/mol. The van der Waals surface area contributed by atoms with Crippen LogP contribution in [-0.4, -0.2) is 71.0 Å². The number of aryl methyl sites for hydroxylation is 1. The largest absolute Gasteiger partial charge is 0.495 e. The van der Waals surface area contributed by atoms with Crippen molar-refractivity contribution >= 4 is 44.8 Å².